The molecule has 5 atom stereocenters. The summed E-state index contributed by atoms with van der Waals surface area (Å²) in [5.41, 5.74) is 0.687. The van der Waals surface area contributed by atoms with Crippen molar-refractivity contribution < 1.29 is 39.8 Å². The molecule has 0 bridgehead atoms. The molecule has 5 N–H and O–H groups in total. The smallest absolute Gasteiger partial charge is 0.229 e. The number of allylic oxidation sites excluding steroid dienone is 1. The van der Waals surface area contributed by atoms with Gasteiger partial charge in [0.1, 0.15) is 30.2 Å². The highest BCUT2D eigenvalue weighted by Gasteiger charge is 2.44. The number of aliphatic hydroxyl groups excluding tert-OH is 4. The van der Waals surface area contributed by atoms with Crippen LogP contribution in [-0.2, 0) is 9.53 Å². The average molecular weight is 368 g/mol. The van der Waals surface area contributed by atoms with Gasteiger partial charge in [0, 0.05) is 6.42 Å². The van der Waals surface area contributed by atoms with E-state index in [4.69, 9.17) is 14.6 Å². The fraction of sp³-hybridized carbons (Fsp3) is 0.500. The molecule has 2 rings (SSSR count). The van der Waals surface area contributed by atoms with Crippen molar-refractivity contribution in [2.45, 2.75) is 50.5 Å². The van der Waals surface area contributed by atoms with Crippen molar-refractivity contribution in [3.05, 3.63) is 29.8 Å². The van der Waals surface area contributed by atoms with Crippen LogP contribution in [0.15, 0.2) is 24.3 Å². The zero-order chi connectivity index (χ0) is 19.3. The van der Waals surface area contributed by atoms with E-state index in [1.165, 1.54) is 19.1 Å². The van der Waals surface area contributed by atoms with Gasteiger partial charge in [-0.05, 0) is 31.0 Å². The Morgan fingerprint density at radius 2 is 1.96 bits per heavy atom. The van der Waals surface area contributed by atoms with Crippen LogP contribution >= 0.6 is 0 Å². The van der Waals surface area contributed by atoms with E-state index in [1.54, 1.807) is 12.1 Å². The second kappa shape index (κ2) is 9.11. The number of hydrogen-bond acceptors (Lipinski definition) is 8. The lowest BCUT2D eigenvalue weighted by Crippen LogP contribution is -2.60. The van der Waals surface area contributed by atoms with E-state index in [2.05, 4.69) is 0 Å². The second-order valence-corrected chi connectivity index (χ2v) is 6.19. The van der Waals surface area contributed by atoms with Gasteiger partial charge in [0.15, 0.2) is 11.5 Å². The highest BCUT2D eigenvalue weighted by Crippen LogP contribution is 2.31. The molecule has 1 aliphatic rings. The van der Waals surface area contributed by atoms with Crippen LogP contribution in [0.3, 0.4) is 0 Å². The number of hydrogen-bond donors (Lipinski definition) is 5. The minimum atomic E-state index is -1.56. The number of phenols is 1. The molecular formula is C18H24O8. The number of aliphatic hydroxyl groups is 4. The van der Waals surface area contributed by atoms with Crippen molar-refractivity contribution in [3.8, 4) is 11.5 Å². The second-order valence-electron chi connectivity index (χ2n) is 6.19. The summed E-state index contributed by atoms with van der Waals surface area (Å²) in [6.45, 7) is 0.950. The molecule has 8 heteroatoms. The summed E-state index contributed by atoms with van der Waals surface area (Å²) in [5, 5.41) is 48.7. The van der Waals surface area contributed by atoms with Gasteiger partial charge in [-0.2, -0.15) is 0 Å². The Morgan fingerprint density at radius 3 is 2.58 bits per heavy atom. The van der Waals surface area contributed by atoms with Crippen LogP contribution in [0.4, 0.5) is 0 Å². The topological polar surface area (TPSA) is 137 Å². The number of rotatable bonds is 7. The first-order valence-electron chi connectivity index (χ1n) is 8.29. The fourth-order valence-electron chi connectivity index (χ4n) is 2.53. The molecule has 1 heterocycles. The zero-order valence-electron chi connectivity index (χ0n) is 14.4. The number of aromatic hydroxyl groups is 1. The first-order valence-corrected chi connectivity index (χ1v) is 8.29. The maximum Gasteiger partial charge on any atom is 0.229 e. The molecule has 0 saturated carbocycles. The quantitative estimate of drug-likeness (QED) is 0.452. The van der Waals surface area contributed by atoms with Gasteiger partial charge < -0.3 is 39.8 Å². The van der Waals surface area contributed by atoms with Crippen molar-refractivity contribution in [1.29, 1.82) is 0 Å². The lowest BCUT2D eigenvalue weighted by Gasteiger charge is -2.39. The third kappa shape index (κ3) is 5.03. The number of ether oxygens (including phenoxy) is 2. The van der Waals surface area contributed by atoms with Crippen molar-refractivity contribution in [2.75, 3.05) is 6.61 Å². The van der Waals surface area contributed by atoms with Gasteiger partial charge in [-0.1, -0.05) is 18.2 Å². The van der Waals surface area contributed by atoms with Crippen LogP contribution in [0, 0.1) is 0 Å². The lowest BCUT2D eigenvalue weighted by atomic mass is 9.99. The van der Waals surface area contributed by atoms with E-state index in [0.29, 0.717) is 18.4 Å². The van der Waals surface area contributed by atoms with E-state index in [0.717, 1.165) is 0 Å². The normalized spacial score (nSPS) is 29.0. The maximum absolute atomic E-state index is 10.9. The fourth-order valence-corrected chi connectivity index (χ4v) is 2.53. The van der Waals surface area contributed by atoms with E-state index >= 15 is 0 Å². The van der Waals surface area contributed by atoms with Crippen molar-refractivity contribution in [1.82, 2.24) is 0 Å². The van der Waals surface area contributed by atoms with E-state index < -0.39 is 37.3 Å². The molecule has 0 radical (unpaired) electrons. The molecule has 8 nitrogen and oxygen atoms in total. The first kappa shape index (κ1) is 20.3. The summed E-state index contributed by atoms with van der Waals surface area (Å²) < 4.78 is 10.6. The molecule has 1 fully saturated rings. The lowest BCUT2D eigenvalue weighted by molar-refractivity contribution is -0.277. The molecule has 26 heavy (non-hydrogen) atoms. The number of Topliss-reactive ketones (excluding diaryl/α,β-unsaturated/α-hetero) is 1. The monoisotopic (exact) mass is 368 g/mol. The molecule has 2 unspecified atom stereocenters. The molecule has 0 spiro atoms. The van der Waals surface area contributed by atoms with Gasteiger partial charge in [-0.25, -0.2) is 0 Å². The molecule has 1 aromatic rings. The predicted octanol–water partition coefficient (Wildman–Crippen LogP) is -0.0467. The van der Waals surface area contributed by atoms with Gasteiger partial charge in [-0.15, -0.1) is 0 Å². The Balaban J connectivity index is 2.04. The molecule has 144 valence electrons. The Kier molecular flexibility index (Phi) is 7.13. The minimum absolute atomic E-state index is 0.00946. The van der Waals surface area contributed by atoms with E-state index in [-0.39, 0.29) is 17.3 Å². The summed E-state index contributed by atoms with van der Waals surface area (Å²) in [7, 11) is 0. The van der Waals surface area contributed by atoms with Gasteiger partial charge in [0.05, 0.1) is 6.61 Å². The van der Waals surface area contributed by atoms with E-state index in [9.17, 15) is 25.2 Å². The van der Waals surface area contributed by atoms with Crippen LogP contribution in [0.25, 0.3) is 6.08 Å². The number of carbonyl (C=O) groups excluding carboxylic acids is 1. The Labute approximate surface area is 150 Å². The first-order chi connectivity index (χ1) is 12.3. The van der Waals surface area contributed by atoms with Crippen molar-refractivity contribution >= 4 is 11.9 Å². The molecule has 0 amide bonds. The van der Waals surface area contributed by atoms with Gasteiger partial charge in [-0.3, -0.25) is 0 Å². The molecule has 1 aliphatic heterocycles. The number of ketones is 1. The average Bonchev–Trinajstić information content (AvgIpc) is 2.61. The Morgan fingerprint density at radius 1 is 1.23 bits per heavy atom. The van der Waals surface area contributed by atoms with Gasteiger partial charge in [0.25, 0.3) is 0 Å². The molecule has 1 saturated heterocycles. The maximum atomic E-state index is 10.9. The highest BCUT2D eigenvalue weighted by atomic mass is 16.7. The van der Waals surface area contributed by atoms with Crippen LogP contribution in [0.1, 0.15) is 25.3 Å². The molecule has 0 aromatic heterocycles. The summed E-state index contributed by atoms with van der Waals surface area (Å²) in [6, 6.07) is 4.55. The van der Waals surface area contributed by atoms with Crippen molar-refractivity contribution in [2.24, 2.45) is 0 Å². The predicted molar refractivity (Wildman–Crippen MR) is 91.5 cm³/mol. The summed E-state index contributed by atoms with van der Waals surface area (Å²) in [4.78, 5) is 10.9. The standard InChI is InChI=1S/C18H24O8/c1-10(20)4-2-3-5-11-6-7-13(12(21)8-11)25-18-17(24)16(23)15(22)14(9-19)26-18/h3,5-8,14-19,21-24H,2,4,9H2,1H3/b5-3+/t14?,15-,16-,17?,18+/m0/s1. The highest BCUT2D eigenvalue weighted by molar-refractivity contribution is 5.75. The molecule has 0 aliphatic carbocycles. The van der Waals surface area contributed by atoms with Gasteiger partial charge >= 0.3 is 0 Å². The number of benzene rings is 1. The number of phenolic OH excluding ortho intramolecular Hbond substituents is 1. The van der Waals surface area contributed by atoms with Crippen LogP contribution in [0.2, 0.25) is 0 Å². The van der Waals surface area contributed by atoms with Crippen LogP contribution in [-0.4, -0.2) is 68.6 Å². The third-order valence-electron chi connectivity index (χ3n) is 4.05. The third-order valence-corrected chi connectivity index (χ3v) is 4.05. The molecular weight excluding hydrogens is 344 g/mol. The van der Waals surface area contributed by atoms with Crippen molar-refractivity contribution in [3.63, 3.8) is 0 Å². The number of carbonyl (C=O) groups is 1. The van der Waals surface area contributed by atoms with E-state index in [1.807, 2.05) is 6.08 Å². The largest absolute Gasteiger partial charge is 0.504 e. The minimum Gasteiger partial charge on any atom is -0.504 e. The molecule has 1 aromatic carbocycles. The Bertz CT molecular complexity index is 642. The van der Waals surface area contributed by atoms with Gasteiger partial charge in [0.2, 0.25) is 6.29 Å². The summed E-state index contributed by atoms with van der Waals surface area (Å²) in [5.74, 6) is -0.105. The zero-order valence-corrected chi connectivity index (χ0v) is 14.4. The van der Waals surface area contributed by atoms with Crippen LogP contribution < -0.4 is 4.74 Å². The Hall–Kier alpha value is -1.97. The SMILES string of the molecule is CC(=O)CC/C=C/c1ccc(O[C@@H]2OC(CO)[C@H](O)[C@H](O)C2O)c(O)c1. The summed E-state index contributed by atoms with van der Waals surface area (Å²) in [6.07, 6.45) is -2.45. The summed E-state index contributed by atoms with van der Waals surface area (Å²) >= 11 is 0. The van der Waals surface area contributed by atoms with Crippen LogP contribution in [0.5, 0.6) is 11.5 Å².